The zero-order valence-electron chi connectivity index (χ0n) is 18.6. The van der Waals surface area contributed by atoms with Gasteiger partial charge in [-0.05, 0) is 55.0 Å². The van der Waals surface area contributed by atoms with Gasteiger partial charge in [0.1, 0.15) is 23.5 Å². The zero-order valence-corrected chi connectivity index (χ0v) is 18.6. The van der Waals surface area contributed by atoms with E-state index in [4.69, 9.17) is 14.3 Å². The second-order valence-electron chi connectivity index (χ2n) is 8.12. The molecule has 0 aliphatic carbocycles. The number of fused-ring (bicyclic) bond motifs is 1. The minimum Gasteiger partial charge on any atom is -0.497 e. The molecule has 7 heteroatoms. The van der Waals surface area contributed by atoms with Crippen molar-refractivity contribution < 1.29 is 23.9 Å². The van der Waals surface area contributed by atoms with Gasteiger partial charge in [-0.25, -0.2) is 9.96 Å². The molecule has 3 aromatic rings. The van der Waals surface area contributed by atoms with Crippen molar-refractivity contribution in [3.63, 3.8) is 0 Å². The van der Waals surface area contributed by atoms with Gasteiger partial charge < -0.3 is 9.47 Å². The average Bonchev–Trinajstić information content (AvgIpc) is 3.35. The molecule has 2 aliphatic heterocycles. The highest BCUT2D eigenvalue weighted by atomic mass is 16.7. The van der Waals surface area contributed by atoms with Crippen LogP contribution in [0.25, 0.3) is 0 Å². The minimum absolute atomic E-state index is 0.302. The lowest BCUT2D eigenvalue weighted by Gasteiger charge is -2.29. The summed E-state index contributed by atoms with van der Waals surface area (Å²) in [5.74, 6) is -0.223. The summed E-state index contributed by atoms with van der Waals surface area (Å²) < 4.78 is 11.1. The first-order valence-electron chi connectivity index (χ1n) is 10.7. The Hall–Kier alpha value is -3.84. The molecule has 0 aromatic heterocycles. The Morgan fingerprint density at radius 2 is 1.58 bits per heavy atom. The molecule has 0 spiro atoms. The first-order valence-corrected chi connectivity index (χ1v) is 10.7. The maximum absolute atomic E-state index is 13.8. The second kappa shape index (κ2) is 8.26. The van der Waals surface area contributed by atoms with Gasteiger partial charge in [0.25, 0.3) is 5.91 Å². The van der Waals surface area contributed by atoms with Crippen molar-refractivity contribution in [1.29, 1.82) is 0 Å². The highest BCUT2D eigenvalue weighted by molar-refractivity contribution is 6.24. The highest BCUT2D eigenvalue weighted by Crippen LogP contribution is 2.50. The van der Waals surface area contributed by atoms with Crippen molar-refractivity contribution in [2.75, 3.05) is 24.2 Å². The third-order valence-corrected chi connectivity index (χ3v) is 6.14. The number of imide groups is 1. The first kappa shape index (κ1) is 21.0. The summed E-state index contributed by atoms with van der Waals surface area (Å²) in [6.45, 7) is 1.92. The largest absolute Gasteiger partial charge is 0.497 e. The number of ether oxygens (including phenoxy) is 2. The molecule has 7 nitrogen and oxygen atoms in total. The number of benzene rings is 3. The van der Waals surface area contributed by atoms with E-state index >= 15 is 0 Å². The van der Waals surface area contributed by atoms with Crippen LogP contribution in [-0.2, 0) is 14.4 Å². The number of amides is 2. The Morgan fingerprint density at radius 3 is 2.27 bits per heavy atom. The Kier molecular flexibility index (Phi) is 5.26. The minimum atomic E-state index is -0.945. The van der Waals surface area contributed by atoms with Crippen LogP contribution in [0.4, 0.5) is 11.4 Å². The molecule has 3 aromatic carbocycles. The van der Waals surface area contributed by atoms with Crippen LogP contribution in [0.2, 0.25) is 0 Å². The van der Waals surface area contributed by atoms with Crippen LogP contribution < -0.4 is 19.4 Å². The molecule has 0 bridgehead atoms. The number of hydrogen-bond acceptors (Lipinski definition) is 6. The number of para-hydroxylation sites is 1. The molecule has 2 fully saturated rings. The highest BCUT2D eigenvalue weighted by Gasteiger charge is 2.60. The molecular weight excluding hydrogens is 420 g/mol. The van der Waals surface area contributed by atoms with Crippen molar-refractivity contribution >= 4 is 23.2 Å². The molecule has 2 heterocycles. The van der Waals surface area contributed by atoms with Gasteiger partial charge in [-0.1, -0.05) is 30.3 Å². The fraction of sp³-hybridized carbons (Fsp3) is 0.231. The van der Waals surface area contributed by atoms with Crippen LogP contribution in [0, 0.1) is 12.8 Å². The lowest BCUT2D eigenvalue weighted by atomic mass is 9.89. The molecule has 0 saturated carbocycles. The van der Waals surface area contributed by atoms with Gasteiger partial charge in [0, 0.05) is 5.56 Å². The standard InChI is InChI=1S/C26H24N2O5/c1-16-8-7-11-18(14-16)27-25(29)22-23(20-15-19(31-2)12-13-21(20)32-3)28(33-24(22)26(27)30)17-9-5-4-6-10-17/h4-15,22-24H,1-3H3/t22-,23-,24-/m1/s1. The summed E-state index contributed by atoms with van der Waals surface area (Å²) in [7, 11) is 3.16. The number of methoxy groups -OCH3 is 2. The van der Waals surface area contributed by atoms with Gasteiger partial charge in [0.2, 0.25) is 5.91 Å². The normalized spacial score (nSPS) is 22.0. The third kappa shape index (κ3) is 3.41. The SMILES string of the molecule is COc1ccc(OC)c([C@@H]2[C@H]3C(=O)N(c4cccc(C)c4)C(=O)[C@@H]3ON2c2ccccc2)c1. The second-order valence-corrected chi connectivity index (χ2v) is 8.12. The molecule has 0 radical (unpaired) electrons. The fourth-order valence-corrected chi connectivity index (χ4v) is 4.62. The van der Waals surface area contributed by atoms with Crippen molar-refractivity contribution in [3.05, 3.63) is 83.9 Å². The van der Waals surface area contributed by atoms with E-state index in [0.29, 0.717) is 22.7 Å². The van der Waals surface area contributed by atoms with Gasteiger partial charge in [-0.15, -0.1) is 0 Å². The van der Waals surface area contributed by atoms with E-state index in [1.807, 2.05) is 61.5 Å². The number of anilines is 2. The molecule has 5 rings (SSSR count). The Bertz CT molecular complexity index is 1210. The fourth-order valence-electron chi connectivity index (χ4n) is 4.62. The monoisotopic (exact) mass is 444 g/mol. The van der Waals surface area contributed by atoms with E-state index in [1.54, 1.807) is 37.5 Å². The smallest absolute Gasteiger partial charge is 0.266 e. The van der Waals surface area contributed by atoms with Gasteiger partial charge in [0.15, 0.2) is 6.10 Å². The number of hydroxylamine groups is 1. The number of carbonyl (C=O) groups excluding carboxylic acids is 2. The predicted octanol–water partition coefficient (Wildman–Crippen LogP) is 4.06. The molecule has 33 heavy (non-hydrogen) atoms. The van der Waals surface area contributed by atoms with E-state index in [-0.39, 0.29) is 11.8 Å². The summed E-state index contributed by atoms with van der Waals surface area (Å²) in [6.07, 6.45) is -0.945. The van der Waals surface area contributed by atoms with Crippen LogP contribution in [0.3, 0.4) is 0 Å². The van der Waals surface area contributed by atoms with Crippen LogP contribution in [0.15, 0.2) is 72.8 Å². The summed E-state index contributed by atoms with van der Waals surface area (Å²) >= 11 is 0. The predicted molar refractivity (Wildman–Crippen MR) is 123 cm³/mol. The van der Waals surface area contributed by atoms with E-state index in [9.17, 15) is 9.59 Å². The van der Waals surface area contributed by atoms with E-state index in [2.05, 4.69) is 0 Å². The number of nitrogens with zero attached hydrogens (tertiary/aromatic N) is 2. The average molecular weight is 444 g/mol. The Balaban J connectivity index is 1.64. The van der Waals surface area contributed by atoms with E-state index in [0.717, 1.165) is 11.3 Å². The Morgan fingerprint density at radius 1 is 0.818 bits per heavy atom. The van der Waals surface area contributed by atoms with Crippen molar-refractivity contribution in [2.45, 2.75) is 19.1 Å². The summed E-state index contributed by atoms with van der Waals surface area (Å²) in [5, 5.41) is 1.65. The van der Waals surface area contributed by atoms with Crippen LogP contribution in [0.5, 0.6) is 11.5 Å². The van der Waals surface area contributed by atoms with E-state index < -0.39 is 18.1 Å². The molecule has 0 unspecified atom stereocenters. The van der Waals surface area contributed by atoms with Gasteiger partial charge in [-0.2, -0.15) is 0 Å². The molecule has 0 N–H and O–H groups in total. The maximum Gasteiger partial charge on any atom is 0.266 e. The summed E-state index contributed by atoms with van der Waals surface area (Å²) in [6, 6.07) is 21.6. The van der Waals surface area contributed by atoms with Crippen LogP contribution in [0.1, 0.15) is 17.2 Å². The summed E-state index contributed by atoms with van der Waals surface area (Å²) in [4.78, 5) is 34.6. The first-order chi connectivity index (χ1) is 16.0. The number of carbonyl (C=O) groups is 2. The molecule has 2 amide bonds. The molecule has 3 atom stereocenters. The van der Waals surface area contributed by atoms with Crippen molar-refractivity contribution in [1.82, 2.24) is 0 Å². The van der Waals surface area contributed by atoms with Gasteiger partial charge in [-0.3, -0.25) is 14.4 Å². The third-order valence-electron chi connectivity index (χ3n) is 6.14. The zero-order chi connectivity index (χ0) is 23.1. The molecule has 2 saturated heterocycles. The molecule has 2 aliphatic rings. The number of rotatable bonds is 5. The lowest BCUT2D eigenvalue weighted by Crippen LogP contribution is -2.37. The summed E-state index contributed by atoms with van der Waals surface area (Å²) in [5.41, 5.74) is 2.96. The van der Waals surface area contributed by atoms with Gasteiger partial charge >= 0.3 is 0 Å². The lowest BCUT2D eigenvalue weighted by molar-refractivity contribution is -0.126. The quantitative estimate of drug-likeness (QED) is 0.553. The number of hydrogen-bond donors (Lipinski definition) is 0. The van der Waals surface area contributed by atoms with Crippen molar-refractivity contribution in [3.8, 4) is 11.5 Å². The van der Waals surface area contributed by atoms with Gasteiger partial charge in [0.05, 0.1) is 25.6 Å². The molecular formula is C26H24N2O5. The maximum atomic E-state index is 13.8. The van der Waals surface area contributed by atoms with Crippen LogP contribution >= 0.6 is 0 Å². The van der Waals surface area contributed by atoms with Crippen LogP contribution in [-0.4, -0.2) is 32.1 Å². The van der Waals surface area contributed by atoms with E-state index in [1.165, 1.54) is 4.90 Å². The topological polar surface area (TPSA) is 68.3 Å². The molecule has 168 valence electrons. The van der Waals surface area contributed by atoms with Crippen molar-refractivity contribution in [2.24, 2.45) is 5.92 Å². The number of aryl methyl sites for hydroxylation is 1. The Labute approximate surface area is 192 Å².